The van der Waals surface area contributed by atoms with Crippen LogP contribution in [-0.2, 0) is 9.53 Å². The molecule has 0 aromatic carbocycles. The number of carbonyl (C=O) groups excluding carboxylic acids is 1. The second-order valence-corrected chi connectivity index (χ2v) is 4.54. The van der Waals surface area contributed by atoms with Crippen LogP contribution in [0.4, 0.5) is 0 Å². The van der Waals surface area contributed by atoms with Gasteiger partial charge in [-0.05, 0) is 40.5 Å². The van der Waals surface area contributed by atoms with E-state index < -0.39 is 0 Å². The summed E-state index contributed by atoms with van der Waals surface area (Å²) in [6.45, 7) is 25.8. The first kappa shape index (κ1) is 33.9. The van der Waals surface area contributed by atoms with Crippen molar-refractivity contribution in [3.8, 4) is 0 Å². The second-order valence-electron chi connectivity index (χ2n) is 4.54. The molecule has 0 radical (unpaired) electrons. The molecule has 0 aromatic heterocycles. The van der Waals surface area contributed by atoms with Gasteiger partial charge >= 0.3 is 5.97 Å². The summed E-state index contributed by atoms with van der Waals surface area (Å²) in [5.74, 6) is -0.0522. The van der Waals surface area contributed by atoms with Crippen molar-refractivity contribution < 1.29 is 9.53 Å². The summed E-state index contributed by atoms with van der Waals surface area (Å²) in [6.07, 6.45) is 13.4. The summed E-state index contributed by atoms with van der Waals surface area (Å²) >= 11 is 0. The fourth-order valence-electron chi connectivity index (χ4n) is 0.929. The number of hydrogen-bond donors (Lipinski definition) is 0. The van der Waals surface area contributed by atoms with Gasteiger partial charge in [0.1, 0.15) is 0 Å². The highest BCUT2D eigenvalue weighted by Crippen LogP contribution is 2.02. The van der Waals surface area contributed by atoms with E-state index >= 15 is 0 Å². The zero-order valence-corrected chi connectivity index (χ0v) is 17.4. The molecule has 2 heteroatoms. The molecule has 0 rings (SSSR count). The molecular formula is C22H44O2. The molecule has 0 fully saturated rings. The van der Waals surface area contributed by atoms with E-state index in [4.69, 9.17) is 4.74 Å². The van der Waals surface area contributed by atoms with Gasteiger partial charge in [0.2, 0.25) is 0 Å². The van der Waals surface area contributed by atoms with E-state index in [0.29, 0.717) is 13.0 Å². The van der Waals surface area contributed by atoms with Crippen molar-refractivity contribution in [1.29, 1.82) is 0 Å². The monoisotopic (exact) mass is 340 g/mol. The quantitative estimate of drug-likeness (QED) is 0.270. The summed E-state index contributed by atoms with van der Waals surface area (Å²) in [5.41, 5.74) is 0. The SMILES string of the molecule is C=CC.C=CC.C=CC.C=CCC.CCCCCCC(=O)OCC. The van der Waals surface area contributed by atoms with Gasteiger partial charge in [0.25, 0.3) is 0 Å². The van der Waals surface area contributed by atoms with Crippen molar-refractivity contribution in [1.82, 2.24) is 0 Å². The van der Waals surface area contributed by atoms with E-state index in [1.807, 2.05) is 33.8 Å². The first-order valence-electron chi connectivity index (χ1n) is 8.95. The van der Waals surface area contributed by atoms with Gasteiger partial charge in [-0.25, -0.2) is 0 Å². The maximum atomic E-state index is 10.8. The van der Waals surface area contributed by atoms with Crippen molar-refractivity contribution >= 4 is 5.97 Å². The van der Waals surface area contributed by atoms with E-state index in [-0.39, 0.29) is 5.97 Å². The molecule has 0 amide bonds. The van der Waals surface area contributed by atoms with Crippen molar-refractivity contribution in [3.05, 3.63) is 50.6 Å². The van der Waals surface area contributed by atoms with Gasteiger partial charge in [-0.1, -0.05) is 57.4 Å². The molecule has 0 saturated heterocycles. The van der Waals surface area contributed by atoms with Crippen LogP contribution in [0.3, 0.4) is 0 Å². The predicted octanol–water partition coefficient (Wildman–Crippen LogP) is 7.68. The maximum Gasteiger partial charge on any atom is 0.305 e. The highest BCUT2D eigenvalue weighted by atomic mass is 16.5. The lowest BCUT2D eigenvalue weighted by molar-refractivity contribution is -0.143. The molecule has 0 aromatic rings. The molecule has 0 heterocycles. The number of hydrogen-bond acceptors (Lipinski definition) is 2. The number of allylic oxidation sites excluding steroid dienone is 4. The molecule has 24 heavy (non-hydrogen) atoms. The van der Waals surface area contributed by atoms with Crippen molar-refractivity contribution in [2.45, 2.75) is 80.1 Å². The Labute approximate surface area is 153 Å². The second kappa shape index (κ2) is 49.6. The Morgan fingerprint density at radius 1 is 0.833 bits per heavy atom. The van der Waals surface area contributed by atoms with Crippen molar-refractivity contribution in [3.63, 3.8) is 0 Å². The lowest BCUT2D eigenvalue weighted by atomic mass is 10.2. The molecule has 144 valence electrons. The van der Waals surface area contributed by atoms with E-state index in [1.54, 1.807) is 18.2 Å². The van der Waals surface area contributed by atoms with Crippen LogP contribution in [-0.4, -0.2) is 12.6 Å². The molecule has 0 aliphatic heterocycles. The smallest absolute Gasteiger partial charge is 0.305 e. The van der Waals surface area contributed by atoms with Gasteiger partial charge in [-0.2, -0.15) is 0 Å². The van der Waals surface area contributed by atoms with Crippen LogP contribution in [0.25, 0.3) is 0 Å². The van der Waals surface area contributed by atoms with Crippen LogP contribution in [0.5, 0.6) is 0 Å². The largest absolute Gasteiger partial charge is 0.466 e. The highest BCUT2D eigenvalue weighted by Gasteiger charge is 1.99. The van der Waals surface area contributed by atoms with Crippen molar-refractivity contribution in [2.24, 2.45) is 0 Å². The topological polar surface area (TPSA) is 26.3 Å². The Hall–Kier alpha value is -1.57. The third kappa shape index (κ3) is 109. The Morgan fingerprint density at radius 3 is 1.46 bits per heavy atom. The Bertz CT molecular complexity index is 228. The van der Waals surface area contributed by atoms with Gasteiger partial charge in [0.15, 0.2) is 0 Å². The van der Waals surface area contributed by atoms with E-state index in [1.165, 1.54) is 12.8 Å². The lowest BCUT2D eigenvalue weighted by Crippen LogP contribution is -2.02. The summed E-state index contributed by atoms with van der Waals surface area (Å²) < 4.78 is 4.78. The molecule has 2 nitrogen and oxygen atoms in total. The third-order valence-corrected chi connectivity index (χ3v) is 1.83. The summed E-state index contributed by atoms with van der Waals surface area (Å²) in [4.78, 5) is 10.8. The standard InChI is InChI=1S/C9H18O2.C4H8.3C3H6/c1-3-5-6-7-8-9(10)11-4-2;1-3-4-2;3*1-3-2/h3-8H2,1-2H3;3H,1,4H2,2H3;3*3H,1H2,2H3. The fourth-order valence-corrected chi connectivity index (χ4v) is 0.929. The molecule has 0 N–H and O–H groups in total. The fraction of sp³-hybridized carbons (Fsp3) is 0.591. The molecule has 0 aliphatic rings. The lowest BCUT2D eigenvalue weighted by Gasteiger charge is -2.00. The molecule has 0 spiro atoms. The van der Waals surface area contributed by atoms with E-state index in [9.17, 15) is 4.79 Å². The Morgan fingerprint density at radius 2 is 1.21 bits per heavy atom. The van der Waals surface area contributed by atoms with Gasteiger partial charge in [0.05, 0.1) is 6.61 Å². The number of ether oxygens (including phenoxy) is 1. The van der Waals surface area contributed by atoms with E-state index in [0.717, 1.165) is 19.3 Å². The normalized spacial score (nSPS) is 7.08. The minimum absolute atomic E-state index is 0.0522. The van der Waals surface area contributed by atoms with Gasteiger partial charge in [-0.15, -0.1) is 26.3 Å². The van der Waals surface area contributed by atoms with E-state index in [2.05, 4.69) is 40.2 Å². The zero-order valence-electron chi connectivity index (χ0n) is 17.4. The molecule has 0 aliphatic carbocycles. The van der Waals surface area contributed by atoms with Crippen LogP contribution in [0.15, 0.2) is 50.6 Å². The average molecular weight is 341 g/mol. The minimum atomic E-state index is -0.0522. The number of esters is 1. The van der Waals surface area contributed by atoms with Gasteiger partial charge < -0.3 is 4.74 Å². The molecule has 0 bridgehead atoms. The van der Waals surface area contributed by atoms with Crippen LogP contribution >= 0.6 is 0 Å². The predicted molar refractivity (Wildman–Crippen MR) is 113 cm³/mol. The number of unbranched alkanes of at least 4 members (excludes halogenated alkanes) is 3. The molecule has 0 saturated carbocycles. The first-order valence-corrected chi connectivity index (χ1v) is 8.95. The number of carbonyl (C=O) groups is 1. The van der Waals surface area contributed by atoms with Crippen LogP contribution in [0, 0.1) is 0 Å². The first-order chi connectivity index (χ1) is 11.5. The van der Waals surface area contributed by atoms with Crippen LogP contribution in [0.1, 0.15) is 80.1 Å². The summed E-state index contributed by atoms with van der Waals surface area (Å²) in [7, 11) is 0. The third-order valence-electron chi connectivity index (χ3n) is 1.83. The Balaban J connectivity index is -0.0000000763. The molecule has 0 atom stereocenters. The Kier molecular flexibility index (Phi) is 70.1. The zero-order chi connectivity index (χ0) is 20.1. The van der Waals surface area contributed by atoms with Gasteiger partial charge in [-0.3, -0.25) is 4.79 Å². The highest BCUT2D eigenvalue weighted by molar-refractivity contribution is 5.69. The number of rotatable bonds is 7. The average Bonchev–Trinajstić information content (AvgIpc) is 2.54. The molecule has 0 unspecified atom stereocenters. The van der Waals surface area contributed by atoms with Crippen LogP contribution in [0.2, 0.25) is 0 Å². The van der Waals surface area contributed by atoms with Crippen LogP contribution < -0.4 is 0 Å². The maximum absolute atomic E-state index is 10.8. The van der Waals surface area contributed by atoms with Gasteiger partial charge in [0, 0.05) is 6.42 Å². The minimum Gasteiger partial charge on any atom is -0.466 e. The summed E-state index contributed by atoms with van der Waals surface area (Å²) in [6, 6.07) is 0. The van der Waals surface area contributed by atoms with Crippen molar-refractivity contribution in [2.75, 3.05) is 6.61 Å². The molecular weight excluding hydrogens is 296 g/mol. The summed E-state index contributed by atoms with van der Waals surface area (Å²) in [5, 5.41) is 0.